The summed E-state index contributed by atoms with van der Waals surface area (Å²) in [4.78, 5) is 17.8. The largest absolute Gasteiger partial charge is 0.358 e. The smallest absolute Gasteiger partial charge is 0.225 e. The molecule has 1 aliphatic heterocycles. The molecule has 1 N–H and O–H groups in total. The van der Waals surface area contributed by atoms with Crippen molar-refractivity contribution in [2.24, 2.45) is 5.92 Å². The Hall–Kier alpha value is -1.84. The van der Waals surface area contributed by atoms with Gasteiger partial charge in [-0.1, -0.05) is 13.8 Å². The van der Waals surface area contributed by atoms with E-state index in [9.17, 15) is 9.18 Å². The summed E-state index contributed by atoms with van der Waals surface area (Å²) < 4.78 is 13.3. The third-order valence-corrected chi connectivity index (χ3v) is 4.58. The van der Waals surface area contributed by atoms with Crippen molar-refractivity contribution in [1.29, 1.82) is 0 Å². The molecule has 1 aromatic carbocycles. The Morgan fingerprint density at radius 1 is 1.38 bits per heavy atom. The number of aromatic amines is 1. The summed E-state index contributed by atoms with van der Waals surface area (Å²) in [5.74, 6) is 0.141. The maximum atomic E-state index is 13.3. The average Bonchev–Trinajstić information content (AvgIpc) is 2.84. The van der Waals surface area contributed by atoms with Gasteiger partial charge in [-0.25, -0.2) is 4.39 Å². The molecule has 1 amide bonds. The lowest BCUT2D eigenvalue weighted by atomic mass is 9.98. The second-order valence-electron chi connectivity index (χ2n) is 5.80. The monoisotopic (exact) mass is 288 g/mol. The van der Waals surface area contributed by atoms with Crippen LogP contribution in [0.4, 0.5) is 4.39 Å². The van der Waals surface area contributed by atoms with E-state index in [-0.39, 0.29) is 17.6 Å². The standard InChI is InChI=1S/C17H21FN2O/c1-3-11(4-2)17(21)20-8-7-15-14(10-20)13-6-5-12(18)9-16(13)19-15/h5-6,9,11,19H,3-4,7-8,10H2,1-2H3. The number of hydrogen-bond acceptors (Lipinski definition) is 1. The number of amides is 1. The molecule has 0 unspecified atom stereocenters. The maximum Gasteiger partial charge on any atom is 0.225 e. The zero-order valence-corrected chi connectivity index (χ0v) is 12.6. The minimum Gasteiger partial charge on any atom is -0.358 e. The molecule has 2 aromatic rings. The first kappa shape index (κ1) is 14.1. The SMILES string of the molecule is CCC(CC)C(=O)N1CCc2[nH]c3cc(F)ccc3c2C1. The molecule has 0 aliphatic carbocycles. The quantitative estimate of drug-likeness (QED) is 0.920. The minimum absolute atomic E-state index is 0.120. The van der Waals surface area contributed by atoms with Crippen LogP contribution in [0, 0.1) is 11.7 Å². The molecule has 1 aliphatic rings. The Morgan fingerprint density at radius 2 is 2.14 bits per heavy atom. The summed E-state index contributed by atoms with van der Waals surface area (Å²) in [6.07, 6.45) is 2.59. The molecule has 0 spiro atoms. The lowest BCUT2D eigenvalue weighted by Gasteiger charge is -2.30. The Morgan fingerprint density at radius 3 is 2.86 bits per heavy atom. The summed E-state index contributed by atoms with van der Waals surface area (Å²) in [5, 5.41) is 1.04. The number of benzene rings is 1. The van der Waals surface area contributed by atoms with E-state index in [1.165, 1.54) is 12.1 Å². The summed E-state index contributed by atoms with van der Waals surface area (Å²) in [7, 11) is 0. The van der Waals surface area contributed by atoms with Crippen molar-refractivity contribution in [3.8, 4) is 0 Å². The third-order valence-electron chi connectivity index (χ3n) is 4.58. The molecular formula is C17H21FN2O. The molecule has 4 heteroatoms. The number of carbonyl (C=O) groups is 1. The van der Waals surface area contributed by atoms with Crippen molar-refractivity contribution in [3.63, 3.8) is 0 Å². The van der Waals surface area contributed by atoms with Crippen molar-refractivity contribution in [2.45, 2.75) is 39.7 Å². The fourth-order valence-corrected chi connectivity index (χ4v) is 3.28. The zero-order valence-electron chi connectivity index (χ0n) is 12.6. The van der Waals surface area contributed by atoms with Gasteiger partial charge < -0.3 is 9.88 Å². The van der Waals surface area contributed by atoms with Gasteiger partial charge in [0.05, 0.1) is 0 Å². The van der Waals surface area contributed by atoms with Crippen LogP contribution in [0.3, 0.4) is 0 Å². The Labute approximate surface area is 124 Å². The van der Waals surface area contributed by atoms with Crippen molar-refractivity contribution < 1.29 is 9.18 Å². The van der Waals surface area contributed by atoms with E-state index in [1.54, 1.807) is 0 Å². The Kier molecular flexibility index (Phi) is 3.70. The van der Waals surface area contributed by atoms with E-state index in [2.05, 4.69) is 18.8 Å². The van der Waals surface area contributed by atoms with E-state index in [0.29, 0.717) is 6.54 Å². The first-order valence-corrected chi connectivity index (χ1v) is 7.71. The molecule has 3 rings (SSSR count). The Balaban J connectivity index is 1.91. The predicted molar refractivity (Wildman–Crippen MR) is 81.4 cm³/mol. The van der Waals surface area contributed by atoms with Crippen LogP contribution in [-0.4, -0.2) is 22.3 Å². The fourth-order valence-electron chi connectivity index (χ4n) is 3.28. The molecule has 0 fully saturated rings. The van der Waals surface area contributed by atoms with Crippen LogP contribution in [0.25, 0.3) is 10.9 Å². The van der Waals surface area contributed by atoms with Gasteiger partial charge in [-0.3, -0.25) is 4.79 Å². The number of hydrogen-bond donors (Lipinski definition) is 1. The molecule has 3 nitrogen and oxygen atoms in total. The first-order chi connectivity index (χ1) is 10.1. The highest BCUT2D eigenvalue weighted by molar-refractivity contribution is 5.86. The number of rotatable bonds is 3. The molecule has 112 valence electrons. The normalized spacial score (nSPS) is 14.8. The van der Waals surface area contributed by atoms with Crippen molar-refractivity contribution in [1.82, 2.24) is 9.88 Å². The number of H-pyrrole nitrogens is 1. The van der Waals surface area contributed by atoms with E-state index in [1.807, 2.05) is 11.0 Å². The van der Waals surface area contributed by atoms with E-state index >= 15 is 0 Å². The van der Waals surface area contributed by atoms with Gasteiger partial charge in [0.15, 0.2) is 0 Å². The van der Waals surface area contributed by atoms with Crippen LogP contribution in [0.15, 0.2) is 18.2 Å². The minimum atomic E-state index is -0.231. The van der Waals surface area contributed by atoms with Gasteiger partial charge in [0, 0.05) is 47.6 Å². The molecule has 21 heavy (non-hydrogen) atoms. The van der Waals surface area contributed by atoms with Crippen molar-refractivity contribution >= 4 is 16.8 Å². The van der Waals surface area contributed by atoms with E-state index in [0.717, 1.165) is 48.0 Å². The van der Waals surface area contributed by atoms with Crippen LogP contribution in [0.5, 0.6) is 0 Å². The van der Waals surface area contributed by atoms with E-state index in [4.69, 9.17) is 0 Å². The lowest BCUT2D eigenvalue weighted by molar-refractivity contribution is -0.136. The maximum absolute atomic E-state index is 13.3. The van der Waals surface area contributed by atoms with E-state index < -0.39 is 0 Å². The van der Waals surface area contributed by atoms with Gasteiger partial charge in [0.25, 0.3) is 0 Å². The van der Waals surface area contributed by atoms with Crippen molar-refractivity contribution in [2.75, 3.05) is 6.54 Å². The van der Waals surface area contributed by atoms with Crippen LogP contribution in [0.1, 0.15) is 37.9 Å². The zero-order chi connectivity index (χ0) is 15.0. The molecule has 0 radical (unpaired) electrons. The summed E-state index contributed by atoms with van der Waals surface area (Å²) in [5.41, 5.74) is 3.12. The Bertz CT molecular complexity index is 673. The highest BCUT2D eigenvalue weighted by Gasteiger charge is 2.27. The van der Waals surface area contributed by atoms with Crippen LogP contribution in [-0.2, 0) is 17.8 Å². The number of carbonyl (C=O) groups excluding carboxylic acids is 1. The van der Waals surface area contributed by atoms with Crippen molar-refractivity contribution in [3.05, 3.63) is 35.3 Å². The molecule has 0 bridgehead atoms. The summed E-state index contributed by atoms with van der Waals surface area (Å²) in [6.45, 7) is 5.51. The number of fused-ring (bicyclic) bond motifs is 3. The lowest BCUT2D eigenvalue weighted by Crippen LogP contribution is -2.39. The van der Waals surface area contributed by atoms with Gasteiger partial charge in [0.2, 0.25) is 5.91 Å². The number of aromatic nitrogens is 1. The van der Waals surface area contributed by atoms with Crippen LogP contribution >= 0.6 is 0 Å². The topological polar surface area (TPSA) is 36.1 Å². The fraction of sp³-hybridized carbons (Fsp3) is 0.471. The number of nitrogens with one attached hydrogen (secondary N) is 1. The van der Waals surface area contributed by atoms with Gasteiger partial charge in [0.1, 0.15) is 5.82 Å². The average molecular weight is 288 g/mol. The highest BCUT2D eigenvalue weighted by Crippen LogP contribution is 2.29. The molecule has 2 heterocycles. The highest BCUT2D eigenvalue weighted by atomic mass is 19.1. The first-order valence-electron chi connectivity index (χ1n) is 7.71. The van der Waals surface area contributed by atoms with Gasteiger partial charge in [-0.15, -0.1) is 0 Å². The summed E-state index contributed by atoms with van der Waals surface area (Å²) in [6, 6.07) is 4.82. The van der Waals surface area contributed by atoms with Gasteiger partial charge >= 0.3 is 0 Å². The van der Waals surface area contributed by atoms with Crippen LogP contribution in [0.2, 0.25) is 0 Å². The third kappa shape index (κ3) is 2.43. The molecule has 1 aromatic heterocycles. The van der Waals surface area contributed by atoms with Gasteiger partial charge in [-0.2, -0.15) is 0 Å². The molecule has 0 atom stereocenters. The number of nitrogens with zero attached hydrogens (tertiary/aromatic N) is 1. The summed E-state index contributed by atoms with van der Waals surface area (Å²) >= 11 is 0. The molecule has 0 saturated carbocycles. The second kappa shape index (κ2) is 5.51. The number of halogens is 1. The molecular weight excluding hydrogens is 267 g/mol. The predicted octanol–water partition coefficient (Wildman–Crippen LogP) is 3.63. The molecule has 0 saturated heterocycles. The van der Waals surface area contributed by atoms with Crippen LogP contribution < -0.4 is 0 Å². The second-order valence-corrected chi connectivity index (χ2v) is 5.80. The van der Waals surface area contributed by atoms with Gasteiger partial charge in [-0.05, 0) is 31.0 Å².